The summed E-state index contributed by atoms with van der Waals surface area (Å²) in [6, 6.07) is 7.63. The van der Waals surface area contributed by atoms with Crippen LogP contribution < -0.4 is 10.2 Å². The molecule has 0 aromatic heterocycles. The fourth-order valence-corrected chi connectivity index (χ4v) is 1.64. The van der Waals surface area contributed by atoms with Gasteiger partial charge in [-0.25, -0.2) is 0 Å². The van der Waals surface area contributed by atoms with Crippen molar-refractivity contribution in [3.05, 3.63) is 42.0 Å². The van der Waals surface area contributed by atoms with E-state index in [9.17, 15) is 5.21 Å². The summed E-state index contributed by atoms with van der Waals surface area (Å²) < 4.78 is 5.48. The van der Waals surface area contributed by atoms with Crippen LogP contribution in [0.4, 0.5) is 0 Å². The first-order valence-electron chi connectivity index (χ1n) is 4.50. The lowest BCUT2D eigenvalue weighted by Gasteiger charge is -2.36. The largest absolute Gasteiger partial charge is 0.489 e. The van der Waals surface area contributed by atoms with Crippen LogP contribution in [0.25, 0.3) is 0 Å². The second-order valence-corrected chi connectivity index (χ2v) is 3.63. The lowest BCUT2D eigenvalue weighted by Crippen LogP contribution is -2.43. The summed E-state index contributed by atoms with van der Waals surface area (Å²) in [5, 5.41) is 9.20. The first kappa shape index (κ1) is 9.24. The zero-order chi connectivity index (χ0) is 10.2. The van der Waals surface area contributed by atoms with Crippen molar-refractivity contribution in [1.82, 2.24) is 5.48 Å². The Morgan fingerprint density at radius 2 is 2.21 bits per heavy atom. The molecular formula is C11H13NO2. The zero-order valence-electron chi connectivity index (χ0n) is 8.08. The van der Waals surface area contributed by atoms with Gasteiger partial charge in [0, 0.05) is 5.56 Å². The van der Waals surface area contributed by atoms with Crippen LogP contribution in [-0.4, -0.2) is 11.8 Å². The van der Waals surface area contributed by atoms with E-state index in [4.69, 9.17) is 4.74 Å². The average molecular weight is 191 g/mol. The summed E-state index contributed by atoms with van der Waals surface area (Å²) in [6.45, 7) is 6.21. The van der Waals surface area contributed by atoms with E-state index in [1.807, 2.05) is 31.2 Å². The average Bonchev–Trinajstić information content (AvgIpc) is 2.24. The minimum absolute atomic E-state index is 0.432. The van der Waals surface area contributed by atoms with Crippen molar-refractivity contribution in [3.8, 4) is 5.75 Å². The predicted molar refractivity (Wildman–Crippen MR) is 53.4 cm³/mol. The molecule has 1 aromatic carbocycles. The van der Waals surface area contributed by atoms with Gasteiger partial charge in [0.15, 0.2) is 0 Å². The molecular weight excluding hydrogens is 178 g/mol. The number of hydrogen-bond donors (Lipinski definition) is 2. The number of para-hydroxylation sites is 1. The number of hydrogen-bond acceptors (Lipinski definition) is 3. The molecule has 1 aromatic rings. The Morgan fingerprint density at radius 3 is 2.93 bits per heavy atom. The van der Waals surface area contributed by atoms with Crippen molar-refractivity contribution in [2.45, 2.75) is 12.5 Å². The lowest BCUT2D eigenvalue weighted by atomic mass is 9.84. The molecule has 1 heterocycles. The minimum atomic E-state index is -0.602. The van der Waals surface area contributed by atoms with Crippen molar-refractivity contribution in [2.75, 3.05) is 6.61 Å². The molecule has 3 nitrogen and oxygen atoms in total. The molecule has 14 heavy (non-hydrogen) atoms. The second-order valence-electron chi connectivity index (χ2n) is 3.63. The van der Waals surface area contributed by atoms with Gasteiger partial charge in [-0.05, 0) is 18.6 Å². The minimum Gasteiger partial charge on any atom is -0.489 e. The maximum atomic E-state index is 9.20. The number of rotatable bonds is 1. The molecule has 2 rings (SSSR count). The van der Waals surface area contributed by atoms with Gasteiger partial charge in [0.25, 0.3) is 0 Å². The predicted octanol–water partition coefficient (Wildman–Crippen LogP) is 1.83. The van der Waals surface area contributed by atoms with E-state index in [1.54, 1.807) is 0 Å². The maximum absolute atomic E-state index is 9.20. The van der Waals surface area contributed by atoms with Gasteiger partial charge in [-0.2, -0.15) is 5.48 Å². The molecule has 1 aliphatic heterocycles. The topological polar surface area (TPSA) is 41.5 Å². The molecule has 0 amide bonds. The van der Waals surface area contributed by atoms with Crippen LogP contribution in [0.15, 0.2) is 36.4 Å². The second kappa shape index (κ2) is 3.12. The number of hydroxylamine groups is 1. The lowest BCUT2D eigenvalue weighted by molar-refractivity contribution is 0.0752. The standard InChI is InChI=1S/C11H13NO2/c1-8-7-14-10-6-4-3-5-9(10)11(8,2)12-13/h3-6,12-13H,1,7H2,2H3. The van der Waals surface area contributed by atoms with Crippen LogP contribution in [0.1, 0.15) is 12.5 Å². The van der Waals surface area contributed by atoms with Gasteiger partial charge in [-0.1, -0.05) is 24.8 Å². The van der Waals surface area contributed by atoms with E-state index >= 15 is 0 Å². The first-order valence-corrected chi connectivity index (χ1v) is 4.50. The highest BCUT2D eigenvalue weighted by Crippen LogP contribution is 2.38. The normalized spacial score (nSPS) is 25.4. The van der Waals surface area contributed by atoms with Crippen molar-refractivity contribution in [2.24, 2.45) is 0 Å². The highest BCUT2D eigenvalue weighted by molar-refractivity contribution is 5.46. The quantitative estimate of drug-likeness (QED) is 0.525. The molecule has 3 heteroatoms. The summed E-state index contributed by atoms with van der Waals surface area (Å²) in [6.07, 6.45) is 0. The van der Waals surface area contributed by atoms with Gasteiger partial charge in [0.05, 0.1) is 5.54 Å². The molecule has 1 atom stereocenters. The van der Waals surface area contributed by atoms with Crippen LogP contribution in [0.2, 0.25) is 0 Å². The Morgan fingerprint density at radius 1 is 1.50 bits per heavy atom. The fraction of sp³-hybridized carbons (Fsp3) is 0.273. The Bertz CT molecular complexity index is 375. The van der Waals surface area contributed by atoms with Crippen molar-refractivity contribution < 1.29 is 9.94 Å². The van der Waals surface area contributed by atoms with E-state index in [2.05, 4.69) is 12.1 Å². The van der Waals surface area contributed by atoms with Crippen LogP contribution in [-0.2, 0) is 5.54 Å². The molecule has 2 N–H and O–H groups in total. The molecule has 0 radical (unpaired) electrons. The first-order chi connectivity index (χ1) is 6.68. The Balaban J connectivity index is 2.57. The molecule has 0 saturated heterocycles. The van der Waals surface area contributed by atoms with Gasteiger partial charge in [-0.3, -0.25) is 0 Å². The summed E-state index contributed by atoms with van der Waals surface area (Å²) in [5.74, 6) is 0.795. The van der Waals surface area contributed by atoms with Crippen molar-refractivity contribution >= 4 is 0 Å². The fourth-order valence-electron chi connectivity index (χ4n) is 1.64. The van der Waals surface area contributed by atoms with Gasteiger partial charge in [-0.15, -0.1) is 0 Å². The Kier molecular flexibility index (Phi) is 2.06. The van der Waals surface area contributed by atoms with Gasteiger partial charge in [0.2, 0.25) is 0 Å². The van der Waals surface area contributed by atoms with E-state index in [-0.39, 0.29) is 0 Å². The Labute approximate surface area is 83.0 Å². The van der Waals surface area contributed by atoms with Crippen LogP contribution in [0.5, 0.6) is 5.75 Å². The number of nitrogens with one attached hydrogen (secondary N) is 1. The summed E-state index contributed by atoms with van der Waals surface area (Å²) >= 11 is 0. The van der Waals surface area contributed by atoms with Crippen molar-refractivity contribution in [3.63, 3.8) is 0 Å². The molecule has 0 fully saturated rings. The van der Waals surface area contributed by atoms with Gasteiger partial charge < -0.3 is 9.94 Å². The summed E-state index contributed by atoms with van der Waals surface area (Å²) in [7, 11) is 0. The summed E-state index contributed by atoms with van der Waals surface area (Å²) in [4.78, 5) is 0. The van der Waals surface area contributed by atoms with Gasteiger partial charge in [0.1, 0.15) is 12.4 Å². The van der Waals surface area contributed by atoms with E-state index < -0.39 is 5.54 Å². The maximum Gasteiger partial charge on any atom is 0.125 e. The number of fused-ring (bicyclic) bond motifs is 1. The van der Waals surface area contributed by atoms with E-state index in [0.717, 1.165) is 16.9 Å². The third kappa shape index (κ3) is 1.14. The van der Waals surface area contributed by atoms with Crippen LogP contribution in [0, 0.1) is 0 Å². The highest BCUT2D eigenvalue weighted by Gasteiger charge is 2.35. The Hall–Kier alpha value is -1.32. The molecule has 1 unspecified atom stereocenters. The molecule has 0 aliphatic carbocycles. The highest BCUT2D eigenvalue weighted by atomic mass is 16.5. The van der Waals surface area contributed by atoms with E-state index in [0.29, 0.717) is 6.61 Å². The third-order valence-electron chi connectivity index (χ3n) is 2.76. The smallest absolute Gasteiger partial charge is 0.125 e. The molecule has 0 spiro atoms. The molecule has 74 valence electrons. The number of ether oxygens (including phenoxy) is 1. The molecule has 0 saturated carbocycles. The zero-order valence-corrected chi connectivity index (χ0v) is 8.08. The number of benzene rings is 1. The molecule has 1 aliphatic rings. The third-order valence-corrected chi connectivity index (χ3v) is 2.76. The van der Waals surface area contributed by atoms with Crippen LogP contribution in [0.3, 0.4) is 0 Å². The summed E-state index contributed by atoms with van der Waals surface area (Å²) in [5.41, 5.74) is 3.44. The monoisotopic (exact) mass is 191 g/mol. The SMILES string of the molecule is C=C1COc2ccccc2C1(C)NO. The van der Waals surface area contributed by atoms with Crippen molar-refractivity contribution in [1.29, 1.82) is 0 Å². The van der Waals surface area contributed by atoms with Crippen LogP contribution >= 0.6 is 0 Å². The molecule has 0 bridgehead atoms. The van der Waals surface area contributed by atoms with Gasteiger partial charge >= 0.3 is 0 Å². The van der Waals surface area contributed by atoms with E-state index in [1.165, 1.54) is 0 Å².